The number of nitrogens with one attached hydrogen (secondary N) is 2. The van der Waals surface area contributed by atoms with E-state index in [-0.39, 0.29) is 30.1 Å². The Morgan fingerprint density at radius 1 is 1.32 bits per heavy atom. The molecule has 3 atom stereocenters. The van der Waals surface area contributed by atoms with Crippen LogP contribution in [0.3, 0.4) is 0 Å². The number of nitrogens with zero attached hydrogens (tertiary/aromatic N) is 5. The third kappa shape index (κ3) is 4.90. The van der Waals surface area contributed by atoms with Gasteiger partial charge in [0.05, 0.1) is 6.54 Å². The summed E-state index contributed by atoms with van der Waals surface area (Å²) in [6, 6.07) is 3.85. The van der Waals surface area contributed by atoms with Crippen LogP contribution in [0.5, 0.6) is 0 Å². The highest BCUT2D eigenvalue weighted by atomic mass is 16.6. The molecule has 0 bridgehead atoms. The van der Waals surface area contributed by atoms with Gasteiger partial charge in [0.25, 0.3) is 5.91 Å². The number of hydrogen-bond donors (Lipinski definition) is 2. The summed E-state index contributed by atoms with van der Waals surface area (Å²) in [5, 5.41) is 14.4. The molecule has 3 heterocycles. The number of likely N-dealkylation sites (tertiary alicyclic amines) is 1. The fourth-order valence-electron chi connectivity index (χ4n) is 4.12. The Labute approximate surface area is 181 Å². The number of ether oxygens (including phenoxy) is 1. The molecule has 0 radical (unpaired) electrons. The summed E-state index contributed by atoms with van der Waals surface area (Å²) < 4.78 is 7.37. The second-order valence-electron chi connectivity index (χ2n) is 8.75. The first kappa shape index (κ1) is 21.4. The van der Waals surface area contributed by atoms with Gasteiger partial charge in [-0.15, -0.1) is 0 Å². The third-order valence-corrected chi connectivity index (χ3v) is 6.19. The van der Waals surface area contributed by atoms with Crippen LogP contribution in [0.2, 0.25) is 0 Å². The molecule has 1 aliphatic heterocycles. The Balaban J connectivity index is 1.30. The van der Waals surface area contributed by atoms with E-state index in [2.05, 4.69) is 20.6 Å². The zero-order valence-corrected chi connectivity index (χ0v) is 18.4. The van der Waals surface area contributed by atoms with Crippen molar-refractivity contribution in [1.29, 1.82) is 0 Å². The van der Waals surface area contributed by atoms with Gasteiger partial charge in [0.15, 0.2) is 5.82 Å². The number of carbonyl (C=O) groups is 2. The van der Waals surface area contributed by atoms with E-state index < -0.39 is 0 Å². The zero-order valence-electron chi connectivity index (χ0n) is 18.4. The van der Waals surface area contributed by atoms with E-state index in [0.717, 1.165) is 44.5 Å². The Morgan fingerprint density at radius 3 is 2.87 bits per heavy atom. The van der Waals surface area contributed by atoms with Gasteiger partial charge < -0.3 is 19.9 Å². The molecule has 10 heteroatoms. The lowest BCUT2D eigenvalue weighted by atomic mass is 10.0. The number of hydrogen-bond acceptors (Lipinski definition) is 6. The van der Waals surface area contributed by atoms with E-state index in [1.807, 2.05) is 32.0 Å². The first-order valence-corrected chi connectivity index (χ1v) is 10.9. The molecular formula is C21H31N7O3. The third-order valence-electron chi connectivity index (χ3n) is 6.19. The van der Waals surface area contributed by atoms with Crippen molar-refractivity contribution in [2.45, 2.75) is 57.2 Å². The summed E-state index contributed by atoms with van der Waals surface area (Å²) in [5.74, 6) is 0.474. The van der Waals surface area contributed by atoms with Gasteiger partial charge in [0.2, 0.25) is 0 Å². The fraction of sp³-hybridized carbons (Fsp3) is 0.619. The summed E-state index contributed by atoms with van der Waals surface area (Å²) in [5.41, 5.74) is 1.45. The number of rotatable bonds is 7. The summed E-state index contributed by atoms with van der Waals surface area (Å²) >= 11 is 0. The zero-order chi connectivity index (χ0) is 22.0. The van der Waals surface area contributed by atoms with Crippen LogP contribution in [0, 0.1) is 0 Å². The molecule has 10 nitrogen and oxygen atoms in total. The van der Waals surface area contributed by atoms with Gasteiger partial charge in [-0.1, -0.05) is 0 Å². The van der Waals surface area contributed by atoms with Crippen molar-refractivity contribution in [2.75, 3.05) is 32.5 Å². The largest absolute Gasteiger partial charge is 0.446 e. The Bertz CT molecular complexity index is 922. The van der Waals surface area contributed by atoms with Crippen LogP contribution < -0.4 is 5.32 Å². The van der Waals surface area contributed by atoms with Crippen LogP contribution in [-0.2, 0) is 11.3 Å². The van der Waals surface area contributed by atoms with Crippen molar-refractivity contribution >= 4 is 17.8 Å². The van der Waals surface area contributed by atoms with Gasteiger partial charge in [0.1, 0.15) is 11.8 Å². The maximum absolute atomic E-state index is 12.7. The molecule has 2 aromatic rings. The molecule has 1 saturated heterocycles. The predicted octanol–water partition coefficient (Wildman–Crippen LogP) is 2.29. The first-order valence-electron chi connectivity index (χ1n) is 10.9. The molecule has 31 heavy (non-hydrogen) atoms. The molecule has 0 aromatic carbocycles. The quantitative estimate of drug-likeness (QED) is 0.699. The number of aromatic nitrogens is 4. The molecule has 4 rings (SSSR count). The smallest absolute Gasteiger partial charge is 0.410 e. The second-order valence-corrected chi connectivity index (χ2v) is 8.75. The second kappa shape index (κ2) is 9.09. The van der Waals surface area contributed by atoms with Gasteiger partial charge in [0, 0.05) is 43.0 Å². The van der Waals surface area contributed by atoms with Crippen molar-refractivity contribution in [3.05, 3.63) is 29.7 Å². The van der Waals surface area contributed by atoms with Crippen LogP contribution in [0.1, 0.15) is 54.7 Å². The molecule has 2 fully saturated rings. The molecule has 2 aliphatic rings. The van der Waals surface area contributed by atoms with Crippen LogP contribution in [0.4, 0.5) is 10.6 Å². The number of carbonyl (C=O) groups excluding carboxylic acids is 2. The summed E-state index contributed by atoms with van der Waals surface area (Å²) in [4.78, 5) is 28.7. The van der Waals surface area contributed by atoms with E-state index in [4.69, 9.17) is 4.74 Å². The minimum Gasteiger partial charge on any atom is -0.446 e. The maximum atomic E-state index is 12.7. The molecule has 2 aromatic heterocycles. The molecular weight excluding hydrogens is 398 g/mol. The van der Waals surface area contributed by atoms with Crippen molar-refractivity contribution in [1.82, 2.24) is 29.8 Å². The van der Waals surface area contributed by atoms with E-state index in [1.54, 1.807) is 21.8 Å². The SMILES string of the molecule is C[C@H]1CCN1C(=O)O[C@@H]1CC[C@H](c2cc(NC(=O)c3ccnn3CCN(C)C)n[nH]2)C1. The van der Waals surface area contributed by atoms with Gasteiger partial charge >= 0.3 is 6.09 Å². The lowest BCUT2D eigenvalue weighted by Gasteiger charge is -2.38. The van der Waals surface area contributed by atoms with E-state index in [9.17, 15) is 9.59 Å². The number of H-pyrrole nitrogens is 1. The van der Waals surface area contributed by atoms with Gasteiger partial charge in [-0.25, -0.2) is 4.79 Å². The average Bonchev–Trinajstić information content (AvgIpc) is 3.45. The Hall–Kier alpha value is -2.88. The number of anilines is 1. The fourth-order valence-corrected chi connectivity index (χ4v) is 4.12. The van der Waals surface area contributed by atoms with E-state index in [1.165, 1.54) is 0 Å². The minimum atomic E-state index is -0.240. The van der Waals surface area contributed by atoms with Gasteiger partial charge in [-0.3, -0.25) is 14.6 Å². The van der Waals surface area contributed by atoms with Crippen LogP contribution in [0.15, 0.2) is 18.3 Å². The minimum absolute atomic E-state index is 0.0716. The first-order chi connectivity index (χ1) is 14.9. The predicted molar refractivity (Wildman–Crippen MR) is 115 cm³/mol. The normalized spacial score (nSPS) is 23.1. The number of amides is 2. The standard InChI is InChI=1S/C21H31N7O3/c1-14-7-9-27(14)21(30)31-16-5-4-15(12-16)17-13-19(25-24-17)23-20(29)18-6-8-22-28(18)11-10-26(2)3/h6,8,13-16H,4-5,7,9-12H2,1-3H3,(H2,23,24,25,29)/t14-,15-,16+/m0/s1. The molecule has 2 amide bonds. The Kier molecular flexibility index (Phi) is 6.26. The molecule has 1 aliphatic carbocycles. The number of aromatic amines is 1. The lowest BCUT2D eigenvalue weighted by Crippen LogP contribution is -2.50. The maximum Gasteiger partial charge on any atom is 0.410 e. The summed E-state index contributed by atoms with van der Waals surface area (Å²) in [6.45, 7) is 4.25. The average molecular weight is 430 g/mol. The summed E-state index contributed by atoms with van der Waals surface area (Å²) in [6.07, 6.45) is 4.92. The molecule has 2 N–H and O–H groups in total. The topological polar surface area (TPSA) is 108 Å². The molecule has 1 saturated carbocycles. The van der Waals surface area contributed by atoms with Crippen LogP contribution in [0.25, 0.3) is 0 Å². The van der Waals surface area contributed by atoms with Crippen LogP contribution >= 0.6 is 0 Å². The molecule has 0 spiro atoms. The van der Waals surface area contributed by atoms with Gasteiger partial charge in [-0.2, -0.15) is 10.2 Å². The van der Waals surface area contributed by atoms with Crippen molar-refractivity contribution in [3.63, 3.8) is 0 Å². The summed E-state index contributed by atoms with van der Waals surface area (Å²) in [7, 11) is 3.96. The lowest BCUT2D eigenvalue weighted by molar-refractivity contribution is 0.0281. The van der Waals surface area contributed by atoms with Crippen molar-refractivity contribution < 1.29 is 14.3 Å². The van der Waals surface area contributed by atoms with Gasteiger partial charge in [-0.05, 0) is 52.8 Å². The highest BCUT2D eigenvalue weighted by Gasteiger charge is 2.34. The van der Waals surface area contributed by atoms with Crippen molar-refractivity contribution in [2.24, 2.45) is 0 Å². The molecule has 168 valence electrons. The Morgan fingerprint density at radius 2 is 2.16 bits per heavy atom. The van der Waals surface area contributed by atoms with E-state index in [0.29, 0.717) is 18.1 Å². The monoisotopic (exact) mass is 429 g/mol. The van der Waals surface area contributed by atoms with Crippen molar-refractivity contribution in [3.8, 4) is 0 Å². The molecule has 0 unspecified atom stereocenters. The van der Waals surface area contributed by atoms with E-state index >= 15 is 0 Å². The van der Waals surface area contributed by atoms with Crippen LogP contribution in [-0.4, -0.2) is 81.1 Å². The highest BCUT2D eigenvalue weighted by Crippen LogP contribution is 2.36. The highest BCUT2D eigenvalue weighted by molar-refractivity contribution is 6.02. The number of likely N-dealkylation sites (N-methyl/N-ethyl adjacent to an activating group) is 1.